The number of imide groups is 4. The molecule has 0 atom stereocenters. The normalized spacial score (nSPS) is 14.4. The average Bonchev–Trinajstić information content (AvgIpc) is 2.01. The van der Waals surface area contributed by atoms with Crippen molar-refractivity contribution in [2.45, 2.75) is 153 Å². The zero-order chi connectivity index (χ0) is 68.5. The van der Waals surface area contributed by atoms with Gasteiger partial charge in [0.15, 0.2) is 0 Å². The predicted molar refractivity (Wildman–Crippen MR) is 331 cm³/mol. The molecule has 0 unspecified atom stereocenters. The number of anilines is 1. The Hall–Kier alpha value is -8.87. The minimum atomic E-state index is -0.885. The molecular formula is C57H71N11O21S4. The zero-order valence-corrected chi connectivity index (χ0v) is 54.8. The number of nitrogens with zero attached hydrogens (tertiary/aromatic N) is 6. The monoisotopic (exact) mass is 1370 g/mol. The Morgan fingerprint density at radius 3 is 1.31 bits per heavy atom. The van der Waals surface area contributed by atoms with Gasteiger partial charge in [0.2, 0.25) is 5.91 Å². The van der Waals surface area contributed by atoms with Gasteiger partial charge in [-0.05, 0) is 125 Å². The Morgan fingerprint density at radius 2 is 0.882 bits per heavy atom. The van der Waals surface area contributed by atoms with Crippen LogP contribution in [0.1, 0.15) is 142 Å². The maximum Gasteiger partial charge on any atom is 0.426 e. The Morgan fingerprint density at radius 1 is 0.473 bits per heavy atom. The van der Waals surface area contributed by atoms with Gasteiger partial charge >= 0.3 is 36.1 Å². The number of nitrogens with one attached hydrogen (secondary N) is 5. The molecule has 2 aromatic heterocycles. The molecule has 6 heterocycles. The first kappa shape index (κ1) is 76.6. The second kappa shape index (κ2) is 39.5. The molecule has 3 aromatic rings. The number of unbranched alkanes of at least 4 members (excludes halogenated alkanes) is 2. The highest BCUT2D eigenvalue weighted by molar-refractivity contribution is 8.77. The first-order chi connectivity index (χ1) is 44.1. The largest absolute Gasteiger partial charge is 0.443 e. The number of ether oxygens (including phenoxy) is 2. The maximum atomic E-state index is 11.9. The molecule has 0 aliphatic carbocycles. The number of amides is 11. The summed E-state index contributed by atoms with van der Waals surface area (Å²) in [5, 5.41) is 6.67. The van der Waals surface area contributed by atoms with E-state index in [0.29, 0.717) is 56.8 Å². The highest BCUT2D eigenvalue weighted by atomic mass is 33.1. The van der Waals surface area contributed by atoms with E-state index in [4.69, 9.17) is 24.0 Å². The third-order valence-electron chi connectivity index (χ3n) is 11.2. The molecule has 4 aliphatic rings. The van der Waals surface area contributed by atoms with E-state index in [2.05, 4.69) is 41.8 Å². The molecule has 0 bridgehead atoms. The molecule has 32 nitrogen and oxygen atoms in total. The minimum absolute atomic E-state index is 0.000381. The van der Waals surface area contributed by atoms with E-state index in [1.165, 1.54) is 45.9 Å². The number of benzene rings is 1. The molecule has 93 heavy (non-hydrogen) atoms. The zero-order valence-electron chi connectivity index (χ0n) is 51.5. The fraction of sp³-hybridized carbons (Fsp3) is 0.456. The van der Waals surface area contributed by atoms with Gasteiger partial charge in [-0.25, -0.2) is 49.6 Å². The van der Waals surface area contributed by atoms with Crippen LogP contribution in [0.25, 0.3) is 0 Å². The molecule has 36 heteroatoms. The van der Waals surface area contributed by atoms with Crippen LogP contribution in [0.5, 0.6) is 0 Å². The lowest BCUT2D eigenvalue weighted by Gasteiger charge is -2.20. The van der Waals surface area contributed by atoms with Crippen molar-refractivity contribution in [3.63, 3.8) is 0 Å². The lowest BCUT2D eigenvalue weighted by Crippen LogP contribution is -2.45. The van der Waals surface area contributed by atoms with Crippen molar-refractivity contribution in [3.05, 3.63) is 78.6 Å². The van der Waals surface area contributed by atoms with Crippen molar-refractivity contribution in [3.8, 4) is 0 Å². The third kappa shape index (κ3) is 30.9. The van der Waals surface area contributed by atoms with Crippen LogP contribution in [0.2, 0.25) is 0 Å². The fourth-order valence-electron chi connectivity index (χ4n) is 6.95. The van der Waals surface area contributed by atoms with E-state index < -0.39 is 101 Å². The van der Waals surface area contributed by atoms with E-state index >= 15 is 0 Å². The Balaban J connectivity index is 0.000000267. The Kier molecular flexibility index (Phi) is 32.5. The van der Waals surface area contributed by atoms with Crippen molar-refractivity contribution < 1.29 is 101 Å². The highest BCUT2D eigenvalue weighted by Gasteiger charge is 2.36. The van der Waals surface area contributed by atoms with Gasteiger partial charge in [-0.3, -0.25) is 54.0 Å². The van der Waals surface area contributed by atoms with Crippen LogP contribution in [-0.2, 0) is 86.4 Å². The fourth-order valence-corrected chi connectivity index (χ4v) is 10.7. The molecule has 4 fully saturated rings. The lowest BCUT2D eigenvalue weighted by atomic mass is 10.2. The van der Waals surface area contributed by atoms with Gasteiger partial charge in [0, 0.05) is 94.7 Å². The average molecular weight is 1370 g/mol. The van der Waals surface area contributed by atoms with Crippen LogP contribution in [0, 0.1) is 0 Å². The Bertz CT molecular complexity index is 3080. The summed E-state index contributed by atoms with van der Waals surface area (Å²) in [7, 11) is 6.05. The first-order valence-corrected chi connectivity index (χ1v) is 33.2. The quantitative estimate of drug-likeness (QED) is 0.0278. The van der Waals surface area contributed by atoms with Crippen molar-refractivity contribution in [1.82, 2.24) is 51.8 Å². The lowest BCUT2D eigenvalue weighted by molar-refractivity contribution is -0.197. The second-order valence-electron chi connectivity index (χ2n) is 21.2. The molecule has 0 spiro atoms. The summed E-state index contributed by atoms with van der Waals surface area (Å²) < 4.78 is 9.96. The minimum Gasteiger partial charge on any atom is -0.443 e. The van der Waals surface area contributed by atoms with Crippen molar-refractivity contribution in [1.29, 1.82) is 0 Å². The number of carbonyl (C=O) groups is 15. The third-order valence-corrected chi connectivity index (χ3v) is 15.7. The molecule has 0 saturated carbocycles. The van der Waals surface area contributed by atoms with Gasteiger partial charge in [0.05, 0.1) is 17.7 Å². The molecule has 4 aliphatic heterocycles. The number of hydroxylamine groups is 8. The Labute approximate surface area is 549 Å². The molecule has 7 rings (SSSR count). The van der Waals surface area contributed by atoms with E-state index in [1.54, 1.807) is 75.5 Å². The molecule has 4 saturated heterocycles. The van der Waals surface area contributed by atoms with Crippen LogP contribution >= 0.6 is 43.2 Å². The summed E-state index contributed by atoms with van der Waals surface area (Å²) in [4.78, 5) is 199. The highest BCUT2D eigenvalue weighted by Crippen LogP contribution is 2.30. The number of hydrogen-bond donors (Lipinski definition) is 5. The number of aromatic nitrogens is 2. The second-order valence-corrected chi connectivity index (χ2v) is 26.1. The SMILES string of the molecule is CC(C)(C)OC(=O)NNCC(=O)ON1C(=O)CCC1=O.CC(C)(C)OC(=O)NNc1ccc(C(=O)ON2C(=O)CCC2=O)cc1.O=C(CCSSc1ccccn1)NCCCCCC(=O)ON1C(=O)CCC1=O.O=C(CCSSc1ccccn1)ON1C(=O)CCC1=O. The summed E-state index contributed by atoms with van der Waals surface area (Å²) >= 11 is 0. The van der Waals surface area contributed by atoms with Crippen molar-refractivity contribution >= 4 is 138 Å². The van der Waals surface area contributed by atoms with Crippen LogP contribution in [0.15, 0.2) is 83.1 Å². The van der Waals surface area contributed by atoms with Gasteiger partial charge in [-0.2, -0.15) is 0 Å². The van der Waals surface area contributed by atoms with Crippen molar-refractivity contribution in [2.24, 2.45) is 0 Å². The van der Waals surface area contributed by atoms with Gasteiger partial charge in [-0.15, -0.1) is 20.3 Å². The standard InChI is InChI=1S/C18H23N3O5S2.C16H19N3O6.C12H12N2O4S2.C11H17N3O6/c22-14(10-13-27-28-15-6-3-5-12-20-15)19-11-4-1-2-7-18(25)26-21-16(23)8-9-17(21)24;1-16(2,3)24-15(23)18-17-11-6-4-10(5-7-11)14(22)25-19-12(20)8-9-13(19)21;15-10-4-5-11(16)14(10)18-12(17)6-8-19-20-9-3-1-2-7-13-9;1-11(2,3)19-10(18)13-12-6-9(17)20-14-7(15)4-5-8(14)16/h3,5-6,12H,1-2,4,7-11,13H2,(H,19,22);4-7,17H,8-9H2,1-3H3,(H,18,23);1-3,7H,4-6,8H2;12H,4-6H2,1-3H3,(H,13,18). The van der Waals surface area contributed by atoms with E-state index in [1.807, 2.05) is 36.4 Å². The summed E-state index contributed by atoms with van der Waals surface area (Å²) in [6, 6.07) is 17.2. The van der Waals surface area contributed by atoms with E-state index in [-0.39, 0.29) is 75.7 Å². The number of hydrazine groups is 2. The summed E-state index contributed by atoms with van der Waals surface area (Å²) in [5.41, 5.74) is 8.71. The van der Waals surface area contributed by atoms with Crippen LogP contribution in [0.4, 0.5) is 15.3 Å². The molecular weight excluding hydrogens is 1300 g/mol. The molecule has 5 N–H and O–H groups in total. The van der Waals surface area contributed by atoms with E-state index in [0.717, 1.165) is 22.9 Å². The van der Waals surface area contributed by atoms with Crippen molar-refractivity contribution in [2.75, 3.05) is 30.0 Å². The summed E-state index contributed by atoms with van der Waals surface area (Å²) in [5.74, 6) is -5.75. The van der Waals surface area contributed by atoms with Gasteiger partial charge in [0.1, 0.15) is 27.8 Å². The number of hydrogen-bond acceptors (Lipinski definition) is 29. The topological polar surface area (TPSA) is 410 Å². The van der Waals surface area contributed by atoms with Gasteiger partial charge in [-0.1, -0.05) is 40.1 Å². The van der Waals surface area contributed by atoms with Crippen LogP contribution < -0.4 is 27.0 Å². The maximum absolute atomic E-state index is 11.9. The van der Waals surface area contributed by atoms with Gasteiger partial charge in [0.25, 0.3) is 47.3 Å². The molecule has 11 amide bonds. The van der Waals surface area contributed by atoms with Crippen LogP contribution in [0.3, 0.4) is 0 Å². The smallest absolute Gasteiger partial charge is 0.426 e. The van der Waals surface area contributed by atoms with Gasteiger partial charge < -0.3 is 34.1 Å². The van der Waals surface area contributed by atoms with E-state index in [9.17, 15) is 71.9 Å². The summed E-state index contributed by atoms with van der Waals surface area (Å²) in [6.45, 7) is 10.4. The molecule has 504 valence electrons. The first-order valence-electron chi connectivity index (χ1n) is 28.6. The predicted octanol–water partition coefficient (Wildman–Crippen LogP) is 5.70. The van der Waals surface area contributed by atoms with Crippen LogP contribution in [-0.4, -0.2) is 155 Å². The number of pyridine rings is 2. The number of rotatable bonds is 26. The number of carbonyl (C=O) groups excluding carboxylic acids is 15. The summed E-state index contributed by atoms with van der Waals surface area (Å²) in [6.07, 6.45) is 5.28. The molecule has 1 aromatic carbocycles. The molecule has 0 radical (unpaired) electrons.